The number of piperidine rings is 2. The highest BCUT2D eigenvalue weighted by Crippen LogP contribution is 2.28. The molecule has 1 atom stereocenters. The summed E-state index contributed by atoms with van der Waals surface area (Å²) in [5, 5.41) is 3.10. The van der Waals surface area contributed by atoms with Crippen LogP contribution in [0.2, 0.25) is 0 Å². The predicted octanol–water partition coefficient (Wildman–Crippen LogP) is 3.06. The second-order valence-electron chi connectivity index (χ2n) is 9.06. The van der Waals surface area contributed by atoms with Crippen LogP contribution in [0.3, 0.4) is 0 Å². The number of hydrogen-bond acceptors (Lipinski definition) is 4. The Morgan fingerprint density at radius 2 is 1.86 bits per heavy atom. The zero-order valence-electron chi connectivity index (χ0n) is 17.2. The number of hydrogen-bond donors (Lipinski definition) is 1. The maximum Gasteiger partial charge on any atom is 0.224 e. The topological polar surface area (TPSA) is 48.5 Å². The summed E-state index contributed by atoms with van der Waals surface area (Å²) >= 11 is 0. The normalized spacial score (nSPS) is 25.8. The van der Waals surface area contributed by atoms with Crippen molar-refractivity contribution in [1.82, 2.24) is 20.1 Å². The smallest absolute Gasteiger partial charge is 0.224 e. The van der Waals surface area contributed by atoms with E-state index in [1.807, 2.05) is 18.2 Å². The lowest BCUT2D eigenvalue weighted by molar-refractivity contribution is -0.127. The fourth-order valence-electron chi connectivity index (χ4n) is 5.40. The van der Waals surface area contributed by atoms with Crippen LogP contribution in [0.1, 0.15) is 57.1 Å². The number of carbonyl (C=O) groups excluding carboxylic acids is 1. The molecule has 1 saturated carbocycles. The van der Waals surface area contributed by atoms with Crippen molar-refractivity contribution < 1.29 is 4.79 Å². The first-order chi connectivity index (χ1) is 13.8. The number of likely N-dealkylation sites (tertiary alicyclic amines) is 2. The quantitative estimate of drug-likeness (QED) is 0.819. The number of nitrogens with one attached hydrogen (secondary N) is 1. The summed E-state index contributed by atoms with van der Waals surface area (Å²) in [5.41, 5.74) is 0.929. The largest absolute Gasteiger partial charge is 0.350 e. The van der Waals surface area contributed by atoms with Crippen LogP contribution in [0.15, 0.2) is 24.4 Å². The SMILES string of the molecule is O=C(NCc1ccccn1)[C@H]1CCCN(C2CCN(CC3CCCC3)CC2)C1. The van der Waals surface area contributed by atoms with Crippen molar-refractivity contribution in [3.05, 3.63) is 30.1 Å². The van der Waals surface area contributed by atoms with Crippen molar-refractivity contribution in [1.29, 1.82) is 0 Å². The zero-order chi connectivity index (χ0) is 19.2. The van der Waals surface area contributed by atoms with E-state index in [1.54, 1.807) is 6.20 Å². The standard InChI is InChI=1S/C23H36N4O/c28-23(25-16-21-9-3-4-12-24-21)20-8-5-13-27(18-20)22-10-14-26(15-11-22)17-19-6-1-2-7-19/h3-4,9,12,19-20,22H,1-2,5-8,10-11,13-18H2,(H,25,28)/t20-/m0/s1. The average molecular weight is 385 g/mol. The Morgan fingerprint density at radius 1 is 1.04 bits per heavy atom. The van der Waals surface area contributed by atoms with E-state index < -0.39 is 0 Å². The minimum absolute atomic E-state index is 0.133. The molecule has 1 aromatic rings. The molecule has 4 rings (SSSR count). The van der Waals surface area contributed by atoms with E-state index in [1.165, 1.54) is 58.2 Å². The molecule has 3 fully saturated rings. The van der Waals surface area contributed by atoms with Gasteiger partial charge < -0.3 is 10.2 Å². The number of nitrogens with zero attached hydrogens (tertiary/aromatic N) is 3. The minimum Gasteiger partial charge on any atom is -0.350 e. The van der Waals surface area contributed by atoms with Gasteiger partial charge in [-0.05, 0) is 76.2 Å². The van der Waals surface area contributed by atoms with Gasteiger partial charge >= 0.3 is 0 Å². The number of carbonyl (C=O) groups is 1. The van der Waals surface area contributed by atoms with E-state index in [2.05, 4.69) is 20.1 Å². The van der Waals surface area contributed by atoms with E-state index in [-0.39, 0.29) is 11.8 Å². The van der Waals surface area contributed by atoms with Crippen molar-refractivity contribution in [2.75, 3.05) is 32.7 Å². The van der Waals surface area contributed by atoms with Crippen molar-refractivity contribution in [3.8, 4) is 0 Å². The summed E-state index contributed by atoms with van der Waals surface area (Å²) < 4.78 is 0. The summed E-state index contributed by atoms with van der Waals surface area (Å²) in [7, 11) is 0. The van der Waals surface area contributed by atoms with Crippen LogP contribution in [-0.2, 0) is 11.3 Å². The average Bonchev–Trinajstić information content (AvgIpc) is 3.26. The van der Waals surface area contributed by atoms with E-state index >= 15 is 0 Å². The number of rotatable bonds is 6. The van der Waals surface area contributed by atoms with Crippen LogP contribution in [-0.4, -0.2) is 59.5 Å². The Hall–Kier alpha value is -1.46. The predicted molar refractivity (Wildman–Crippen MR) is 112 cm³/mol. The number of pyridine rings is 1. The van der Waals surface area contributed by atoms with Crippen LogP contribution in [0, 0.1) is 11.8 Å². The monoisotopic (exact) mass is 384 g/mol. The van der Waals surface area contributed by atoms with Crippen molar-refractivity contribution >= 4 is 5.91 Å². The molecular formula is C23H36N4O. The first-order valence-electron chi connectivity index (χ1n) is 11.4. The van der Waals surface area contributed by atoms with Gasteiger partial charge in [-0.3, -0.25) is 14.7 Å². The molecule has 1 N–H and O–H groups in total. The molecule has 0 spiro atoms. The Balaban J connectivity index is 1.21. The molecule has 3 heterocycles. The first kappa shape index (κ1) is 19.8. The molecule has 1 amide bonds. The summed E-state index contributed by atoms with van der Waals surface area (Å²) in [4.78, 5) is 22.3. The van der Waals surface area contributed by atoms with E-state index in [0.29, 0.717) is 12.6 Å². The molecule has 0 bridgehead atoms. The summed E-state index contributed by atoms with van der Waals surface area (Å²) in [6.45, 7) is 6.45. The number of amides is 1. The molecule has 1 aromatic heterocycles. The van der Waals surface area contributed by atoms with Gasteiger partial charge in [-0.1, -0.05) is 18.9 Å². The molecule has 2 aliphatic heterocycles. The molecule has 3 aliphatic rings. The summed E-state index contributed by atoms with van der Waals surface area (Å²) in [5.74, 6) is 1.29. The molecule has 5 nitrogen and oxygen atoms in total. The Bertz CT molecular complexity index is 608. The van der Waals surface area contributed by atoms with Crippen LogP contribution < -0.4 is 5.32 Å². The van der Waals surface area contributed by atoms with Gasteiger partial charge in [0.15, 0.2) is 0 Å². The van der Waals surface area contributed by atoms with Gasteiger partial charge in [0.2, 0.25) is 5.91 Å². The van der Waals surface area contributed by atoms with Gasteiger partial charge in [0.05, 0.1) is 18.2 Å². The van der Waals surface area contributed by atoms with Gasteiger partial charge in [0.25, 0.3) is 0 Å². The lowest BCUT2D eigenvalue weighted by atomic mass is 9.93. The van der Waals surface area contributed by atoms with Crippen molar-refractivity contribution in [2.45, 2.75) is 64.0 Å². The lowest BCUT2D eigenvalue weighted by Gasteiger charge is -2.42. The number of aromatic nitrogens is 1. The molecular weight excluding hydrogens is 348 g/mol. The first-order valence-corrected chi connectivity index (χ1v) is 11.4. The molecule has 0 aromatic carbocycles. The van der Waals surface area contributed by atoms with Crippen LogP contribution >= 0.6 is 0 Å². The molecule has 1 aliphatic carbocycles. The fourth-order valence-corrected chi connectivity index (χ4v) is 5.40. The van der Waals surface area contributed by atoms with E-state index in [0.717, 1.165) is 37.5 Å². The molecule has 2 saturated heterocycles. The lowest BCUT2D eigenvalue weighted by Crippen LogP contribution is -2.51. The van der Waals surface area contributed by atoms with Crippen LogP contribution in [0.5, 0.6) is 0 Å². The summed E-state index contributed by atoms with van der Waals surface area (Å²) in [6, 6.07) is 6.51. The van der Waals surface area contributed by atoms with Gasteiger partial charge in [0.1, 0.15) is 0 Å². The zero-order valence-corrected chi connectivity index (χ0v) is 17.2. The Morgan fingerprint density at radius 3 is 2.61 bits per heavy atom. The van der Waals surface area contributed by atoms with E-state index in [4.69, 9.17) is 0 Å². The van der Waals surface area contributed by atoms with Gasteiger partial charge in [0, 0.05) is 25.3 Å². The fraction of sp³-hybridized carbons (Fsp3) is 0.739. The third-order valence-electron chi connectivity index (χ3n) is 7.06. The molecule has 5 heteroatoms. The van der Waals surface area contributed by atoms with Gasteiger partial charge in [-0.15, -0.1) is 0 Å². The Kier molecular flexibility index (Phi) is 6.97. The molecule has 28 heavy (non-hydrogen) atoms. The van der Waals surface area contributed by atoms with E-state index in [9.17, 15) is 4.79 Å². The van der Waals surface area contributed by atoms with Crippen LogP contribution in [0.25, 0.3) is 0 Å². The molecule has 0 unspecified atom stereocenters. The highest BCUT2D eigenvalue weighted by molar-refractivity contribution is 5.78. The Labute approximate surface area is 169 Å². The van der Waals surface area contributed by atoms with Crippen molar-refractivity contribution in [2.24, 2.45) is 11.8 Å². The van der Waals surface area contributed by atoms with Gasteiger partial charge in [-0.2, -0.15) is 0 Å². The minimum atomic E-state index is 0.133. The summed E-state index contributed by atoms with van der Waals surface area (Å²) in [6.07, 6.45) is 12.3. The van der Waals surface area contributed by atoms with Crippen molar-refractivity contribution in [3.63, 3.8) is 0 Å². The maximum atomic E-state index is 12.7. The third-order valence-corrected chi connectivity index (χ3v) is 7.06. The van der Waals surface area contributed by atoms with Gasteiger partial charge in [-0.25, -0.2) is 0 Å². The molecule has 154 valence electrons. The third kappa shape index (κ3) is 5.32. The maximum absolute atomic E-state index is 12.7. The second kappa shape index (κ2) is 9.84. The highest BCUT2D eigenvalue weighted by Gasteiger charge is 2.32. The molecule has 0 radical (unpaired) electrons. The highest BCUT2D eigenvalue weighted by atomic mass is 16.1. The second-order valence-corrected chi connectivity index (χ2v) is 9.06. The van der Waals surface area contributed by atoms with Crippen LogP contribution in [0.4, 0.5) is 0 Å².